The highest BCUT2D eigenvalue weighted by molar-refractivity contribution is 5.28. The van der Waals surface area contributed by atoms with Crippen LogP contribution in [0.25, 0.3) is 0 Å². The monoisotopic (exact) mass is 278 g/mol. The molecule has 0 bridgehead atoms. The number of nitrogens with one attached hydrogen (secondary N) is 1. The van der Waals surface area contributed by atoms with Crippen molar-refractivity contribution in [1.29, 1.82) is 0 Å². The van der Waals surface area contributed by atoms with Gasteiger partial charge in [0.15, 0.2) is 0 Å². The maximum atomic E-state index is 4.61. The van der Waals surface area contributed by atoms with E-state index in [1.807, 2.05) is 0 Å². The van der Waals surface area contributed by atoms with E-state index < -0.39 is 0 Å². The Morgan fingerprint density at radius 1 is 1.20 bits per heavy atom. The molecule has 2 heterocycles. The van der Waals surface area contributed by atoms with E-state index in [9.17, 15) is 0 Å². The standard InChI is InChI=1S/C16H30N4/c1-13(2)10-20-12-15(4)18-16(20)17-9-14(3)11-19-7-5-6-8-19/h12-14H,5-11H2,1-4H3,(H,17,18). The molecule has 0 aromatic carbocycles. The number of hydrogen-bond donors (Lipinski definition) is 1. The predicted molar refractivity (Wildman–Crippen MR) is 85.1 cm³/mol. The zero-order valence-corrected chi connectivity index (χ0v) is 13.5. The second-order valence-electron chi connectivity index (χ2n) is 6.75. The second-order valence-corrected chi connectivity index (χ2v) is 6.75. The third-order valence-corrected chi connectivity index (χ3v) is 3.84. The van der Waals surface area contributed by atoms with Crippen LogP contribution in [0.15, 0.2) is 6.20 Å². The van der Waals surface area contributed by atoms with Crippen molar-refractivity contribution in [2.24, 2.45) is 11.8 Å². The van der Waals surface area contributed by atoms with Gasteiger partial charge < -0.3 is 14.8 Å². The summed E-state index contributed by atoms with van der Waals surface area (Å²) in [5, 5.41) is 3.54. The topological polar surface area (TPSA) is 33.1 Å². The lowest BCUT2D eigenvalue weighted by Gasteiger charge is -2.21. The molecule has 2 rings (SSSR count). The normalized spacial score (nSPS) is 17.9. The summed E-state index contributed by atoms with van der Waals surface area (Å²) in [6, 6.07) is 0. The largest absolute Gasteiger partial charge is 0.355 e. The Morgan fingerprint density at radius 2 is 1.90 bits per heavy atom. The van der Waals surface area contributed by atoms with Crippen LogP contribution in [0, 0.1) is 18.8 Å². The van der Waals surface area contributed by atoms with Crippen LogP contribution in [0.3, 0.4) is 0 Å². The van der Waals surface area contributed by atoms with Crippen molar-refractivity contribution in [2.75, 3.05) is 31.5 Å². The quantitative estimate of drug-likeness (QED) is 0.832. The molecular weight excluding hydrogens is 248 g/mol. The zero-order valence-electron chi connectivity index (χ0n) is 13.5. The van der Waals surface area contributed by atoms with Crippen molar-refractivity contribution >= 4 is 5.95 Å². The number of nitrogens with zero attached hydrogens (tertiary/aromatic N) is 3. The number of aromatic nitrogens is 2. The van der Waals surface area contributed by atoms with Crippen LogP contribution in [0.5, 0.6) is 0 Å². The van der Waals surface area contributed by atoms with E-state index in [0.29, 0.717) is 11.8 Å². The minimum atomic E-state index is 0.645. The van der Waals surface area contributed by atoms with Crippen molar-refractivity contribution in [2.45, 2.75) is 47.1 Å². The summed E-state index contributed by atoms with van der Waals surface area (Å²) >= 11 is 0. The van der Waals surface area contributed by atoms with Gasteiger partial charge >= 0.3 is 0 Å². The maximum absolute atomic E-state index is 4.61. The van der Waals surface area contributed by atoms with E-state index in [1.54, 1.807) is 0 Å². The Balaban J connectivity index is 1.83. The minimum absolute atomic E-state index is 0.645. The van der Waals surface area contributed by atoms with Gasteiger partial charge in [-0.2, -0.15) is 0 Å². The molecule has 0 amide bonds. The molecule has 1 saturated heterocycles. The first kappa shape index (κ1) is 15.4. The van der Waals surface area contributed by atoms with E-state index in [0.717, 1.165) is 24.7 Å². The molecule has 1 N–H and O–H groups in total. The highest BCUT2D eigenvalue weighted by Crippen LogP contribution is 2.14. The van der Waals surface area contributed by atoms with E-state index in [1.165, 1.54) is 32.5 Å². The highest BCUT2D eigenvalue weighted by atomic mass is 15.2. The van der Waals surface area contributed by atoms with Gasteiger partial charge in [0, 0.05) is 25.8 Å². The van der Waals surface area contributed by atoms with Crippen molar-refractivity contribution in [1.82, 2.24) is 14.5 Å². The maximum Gasteiger partial charge on any atom is 0.203 e. The van der Waals surface area contributed by atoms with Gasteiger partial charge in [-0.25, -0.2) is 4.98 Å². The molecule has 4 nitrogen and oxygen atoms in total. The molecule has 0 spiro atoms. The molecule has 1 aliphatic heterocycles. The summed E-state index contributed by atoms with van der Waals surface area (Å²) in [5.41, 5.74) is 1.10. The summed E-state index contributed by atoms with van der Waals surface area (Å²) in [6.07, 6.45) is 4.89. The lowest BCUT2D eigenvalue weighted by Crippen LogP contribution is -2.29. The Labute approximate surface area is 123 Å². The summed E-state index contributed by atoms with van der Waals surface area (Å²) < 4.78 is 2.25. The molecule has 114 valence electrons. The van der Waals surface area contributed by atoms with E-state index >= 15 is 0 Å². The molecule has 20 heavy (non-hydrogen) atoms. The van der Waals surface area contributed by atoms with Crippen molar-refractivity contribution in [3.8, 4) is 0 Å². The molecule has 1 aromatic heterocycles. The number of aryl methyl sites for hydroxylation is 1. The highest BCUT2D eigenvalue weighted by Gasteiger charge is 2.15. The third-order valence-electron chi connectivity index (χ3n) is 3.84. The van der Waals surface area contributed by atoms with E-state index in [4.69, 9.17) is 0 Å². The van der Waals surface area contributed by atoms with Crippen LogP contribution < -0.4 is 5.32 Å². The summed E-state index contributed by atoms with van der Waals surface area (Å²) in [7, 11) is 0. The van der Waals surface area contributed by atoms with Crippen molar-refractivity contribution < 1.29 is 0 Å². The Bertz CT molecular complexity index is 405. The minimum Gasteiger partial charge on any atom is -0.355 e. The summed E-state index contributed by atoms with van der Waals surface area (Å²) in [4.78, 5) is 7.19. The first-order valence-electron chi connectivity index (χ1n) is 8.04. The van der Waals surface area contributed by atoms with E-state index in [-0.39, 0.29) is 0 Å². The number of anilines is 1. The summed E-state index contributed by atoms with van der Waals surface area (Å²) in [6.45, 7) is 14.7. The lowest BCUT2D eigenvalue weighted by molar-refractivity contribution is 0.294. The fraction of sp³-hybridized carbons (Fsp3) is 0.812. The molecule has 4 heteroatoms. The number of imidazole rings is 1. The SMILES string of the molecule is Cc1cn(CC(C)C)c(NCC(C)CN2CCCC2)n1. The fourth-order valence-corrected chi connectivity index (χ4v) is 2.96. The van der Waals surface area contributed by atoms with Gasteiger partial charge in [0.25, 0.3) is 0 Å². The van der Waals surface area contributed by atoms with Crippen LogP contribution >= 0.6 is 0 Å². The lowest BCUT2D eigenvalue weighted by atomic mass is 10.1. The number of hydrogen-bond acceptors (Lipinski definition) is 3. The molecular formula is C16H30N4. The molecule has 0 aliphatic carbocycles. The van der Waals surface area contributed by atoms with Gasteiger partial charge in [0.1, 0.15) is 0 Å². The van der Waals surface area contributed by atoms with E-state index in [2.05, 4.69) is 53.7 Å². The molecule has 0 radical (unpaired) electrons. The van der Waals surface area contributed by atoms with Crippen LogP contribution in [-0.4, -0.2) is 40.6 Å². The number of likely N-dealkylation sites (tertiary alicyclic amines) is 1. The Morgan fingerprint density at radius 3 is 2.55 bits per heavy atom. The van der Waals surface area contributed by atoms with Gasteiger partial charge in [0.2, 0.25) is 5.95 Å². The average molecular weight is 278 g/mol. The zero-order chi connectivity index (χ0) is 14.5. The van der Waals surface area contributed by atoms with Crippen LogP contribution in [0.4, 0.5) is 5.95 Å². The van der Waals surface area contributed by atoms with Gasteiger partial charge in [-0.1, -0.05) is 20.8 Å². The number of rotatable bonds is 7. The van der Waals surface area contributed by atoms with Crippen LogP contribution in [0.1, 0.15) is 39.3 Å². The smallest absolute Gasteiger partial charge is 0.203 e. The van der Waals surface area contributed by atoms with Crippen LogP contribution in [-0.2, 0) is 6.54 Å². The molecule has 1 atom stereocenters. The van der Waals surface area contributed by atoms with Gasteiger partial charge in [0.05, 0.1) is 5.69 Å². The van der Waals surface area contributed by atoms with Gasteiger partial charge in [-0.15, -0.1) is 0 Å². The molecule has 1 aromatic rings. The molecule has 1 fully saturated rings. The van der Waals surface area contributed by atoms with Crippen molar-refractivity contribution in [3.05, 3.63) is 11.9 Å². The third kappa shape index (κ3) is 4.51. The molecule has 1 unspecified atom stereocenters. The molecule has 1 aliphatic rings. The predicted octanol–water partition coefficient (Wildman–Crippen LogP) is 2.99. The molecule has 0 saturated carbocycles. The van der Waals surface area contributed by atoms with Crippen LogP contribution in [0.2, 0.25) is 0 Å². The van der Waals surface area contributed by atoms with Crippen molar-refractivity contribution in [3.63, 3.8) is 0 Å². The first-order chi connectivity index (χ1) is 9.54. The van der Waals surface area contributed by atoms with Gasteiger partial charge in [-0.3, -0.25) is 0 Å². The second kappa shape index (κ2) is 7.11. The Hall–Kier alpha value is -1.03. The van der Waals surface area contributed by atoms with Gasteiger partial charge in [-0.05, 0) is 44.7 Å². The average Bonchev–Trinajstić information content (AvgIpc) is 2.96. The fourth-order valence-electron chi connectivity index (χ4n) is 2.96. The first-order valence-corrected chi connectivity index (χ1v) is 8.04. The Kier molecular flexibility index (Phi) is 5.46. The summed E-state index contributed by atoms with van der Waals surface area (Å²) in [5.74, 6) is 2.34.